The van der Waals surface area contributed by atoms with Gasteiger partial charge in [-0.2, -0.15) is 0 Å². The van der Waals surface area contributed by atoms with Crippen LogP contribution in [0.5, 0.6) is 0 Å². The highest BCUT2D eigenvalue weighted by atomic mass is 32.2. The standard InChI is InChI=1S/C10H10O2S/c1-8-2-4-9(5-3-8)13-10(12)6-7-11/h2-5,7H,6H2,1H3. The Bertz CT molecular complexity index is 303. The average molecular weight is 194 g/mol. The van der Waals surface area contributed by atoms with E-state index in [9.17, 15) is 9.59 Å². The summed E-state index contributed by atoms with van der Waals surface area (Å²) in [6.45, 7) is 1.99. The van der Waals surface area contributed by atoms with Gasteiger partial charge in [0.2, 0.25) is 5.12 Å². The van der Waals surface area contributed by atoms with Crippen LogP contribution >= 0.6 is 11.8 Å². The Labute approximate surface area is 81.3 Å². The minimum atomic E-state index is -0.112. The van der Waals surface area contributed by atoms with Crippen molar-refractivity contribution in [1.29, 1.82) is 0 Å². The van der Waals surface area contributed by atoms with Crippen molar-refractivity contribution in [2.75, 3.05) is 0 Å². The maximum Gasteiger partial charge on any atom is 0.200 e. The van der Waals surface area contributed by atoms with Gasteiger partial charge in [-0.1, -0.05) is 29.5 Å². The predicted molar refractivity (Wildman–Crippen MR) is 52.7 cm³/mol. The zero-order chi connectivity index (χ0) is 9.68. The van der Waals surface area contributed by atoms with Crippen LogP contribution in [-0.2, 0) is 9.59 Å². The second kappa shape index (κ2) is 4.82. The third-order valence-electron chi connectivity index (χ3n) is 1.50. The van der Waals surface area contributed by atoms with Gasteiger partial charge in [0.1, 0.15) is 6.29 Å². The summed E-state index contributed by atoms with van der Waals surface area (Å²) in [5.41, 5.74) is 1.16. The van der Waals surface area contributed by atoms with Crippen molar-refractivity contribution < 1.29 is 9.59 Å². The van der Waals surface area contributed by atoms with Crippen LogP contribution in [0.4, 0.5) is 0 Å². The van der Waals surface area contributed by atoms with Gasteiger partial charge in [-0.25, -0.2) is 0 Å². The molecule has 0 unspecified atom stereocenters. The van der Waals surface area contributed by atoms with Gasteiger partial charge >= 0.3 is 0 Å². The van der Waals surface area contributed by atoms with Crippen LogP contribution in [0.2, 0.25) is 0 Å². The van der Waals surface area contributed by atoms with Crippen LogP contribution < -0.4 is 0 Å². The zero-order valence-electron chi connectivity index (χ0n) is 7.32. The van der Waals surface area contributed by atoms with E-state index >= 15 is 0 Å². The molecule has 68 valence electrons. The largest absolute Gasteiger partial charge is 0.303 e. The third kappa shape index (κ3) is 3.42. The number of carbonyl (C=O) groups is 2. The first-order valence-electron chi connectivity index (χ1n) is 3.93. The van der Waals surface area contributed by atoms with Crippen molar-refractivity contribution in [3.05, 3.63) is 29.8 Å². The molecule has 0 heterocycles. The molecule has 3 heteroatoms. The quantitative estimate of drug-likeness (QED) is 0.420. The summed E-state index contributed by atoms with van der Waals surface area (Å²) in [5.74, 6) is 0. The predicted octanol–water partition coefficient (Wildman–Crippen LogP) is 2.20. The summed E-state index contributed by atoms with van der Waals surface area (Å²) < 4.78 is 0. The normalized spacial score (nSPS) is 9.62. The number of hydrogen-bond acceptors (Lipinski definition) is 3. The number of rotatable bonds is 3. The van der Waals surface area contributed by atoms with E-state index in [0.29, 0.717) is 6.29 Å². The molecule has 0 aliphatic heterocycles. The molecule has 0 atom stereocenters. The van der Waals surface area contributed by atoms with Crippen LogP contribution in [0.1, 0.15) is 12.0 Å². The molecule has 0 saturated carbocycles. The molecule has 0 radical (unpaired) electrons. The number of thioether (sulfide) groups is 1. The van der Waals surface area contributed by atoms with E-state index in [0.717, 1.165) is 22.2 Å². The summed E-state index contributed by atoms with van der Waals surface area (Å²) in [6, 6.07) is 7.64. The van der Waals surface area contributed by atoms with E-state index in [1.807, 2.05) is 31.2 Å². The molecule has 0 N–H and O–H groups in total. The Morgan fingerprint density at radius 3 is 2.54 bits per heavy atom. The lowest BCUT2D eigenvalue weighted by molar-refractivity contribution is -0.116. The number of hydrogen-bond donors (Lipinski definition) is 0. The molecule has 13 heavy (non-hydrogen) atoms. The summed E-state index contributed by atoms with van der Waals surface area (Å²) in [6.07, 6.45) is 0.613. The van der Waals surface area contributed by atoms with Gasteiger partial charge in [0.25, 0.3) is 0 Å². The summed E-state index contributed by atoms with van der Waals surface area (Å²) in [7, 11) is 0. The maximum absolute atomic E-state index is 11.0. The first-order chi connectivity index (χ1) is 6.22. The fraction of sp³-hybridized carbons (Fsp3) is 0.200. The minimum Gasteiger partial charge on any atom is -0.303 e. The van der Waals surface area contributed by atoms with Gasteiger partial charge in [-0.15, -0.1) is 0 Å². The second-order valence-electron chi connectivity index (χ2n) is 2.66. The van der Waals surface area contributed by atoms with Gasteiger partial charge in [-0.05, 0) is 19.1 Å². The third-order valence-corrected chi connectivity index (χ3v) is 2.40. The van der Waals surface area contributed by atoms with E-state index < -0.39 is 0 Å². The topological polar surface area (TPSA) is 34.1 Å². The molecule has 0 fully saturated rings. The molecule has 0 spiro atoms. The Hall–Kier alpha value is -1.09. The van der Waals surface area contributed by atoms with Crippen LogP contribution in [-0.4, -0.2) is 11.4 Å². The van der Waals surface area contributed by atoms with Crippen molar-refractivity contribution in [3.8, 4) is 0 Å². The molecular weight excluding hydrogens is 184 g/mol. The van der Waals surface area contributed by atoms with Gasteiger partial charge in [0.05, 0.1) is 6.42 Å². The lowest BCUT2D eigenvalue weighted by atomic mass is 10.2. The highest BCUT2D eigenvalue weighted by molar-refractivity contribution is 8.13. The monoisotopic (exact) mass is 194 g/mol. The van der Waals surface area contributed by atoms with Gasteiger partial charge in [0.15, 0.2) is 0 Å². The number of aryl methyl sites for hydroxylation is 1. The maximum atomic E-state index is 11.0. The molecule has 0 aromatic heterocycles. The number of benzene rings is 1. The van der Waals surface area contributed by atoms with Crippen LogP contribution in [0.25, 0.3) is 0 Å². The SMILES string of the molecule is Cc1ccc(SC(=O)CC=O)cc1. The summed E-state index contributed by atoms with van der Waals surface area (Å²) in [5, 5.41) is -0.112. The Morgan fingerprint density at radius 2 is 2.00 bits per heavy atom. The van der Waals surface area contributed by atoms with E-state index in [2.05, 4.69) is 0 Å². The number of carbonyl (C=O) groups excluding carboxylic acids is 2. The molecule has 1 rings (SSSR count). The Morgan fingerprint density at radius 1 is 1.38 bits per heavy atom. The smallest absolute Gasteiger partial charge is 0.200 e. The second-order valence-corrected chi connectivity index (χ2v) is 3.79. The Kier molecular flexibility index (Phi) is 3.71. The summed E-state index contributed by atoms with van der Waals surface area (Å²) in [4.78, 5) is 21.9. The lowest BCUT2D eigenvalue weighted by Gasteiger charge is -1.97. The van der Waals surface area contributed by atoms with Gasteiger partial charge < -0.3 is 4.79 Å². The first kappa shape index (κ1) is 9.99. The molecule has 0 amide bonds. The van der Waals surface area contributed by atoms with Crippen molar-refractivity contribution in [2.45, 2.75) is 18.2 Å². The summed E-state index contributed by atoms with van der Waals surface area (Å²) >= 11 is 1.11. The van der Waals surface area contributed by atoms with Crippen molar-refractivity contribution in [2.24, 2.45) is 0 Å². The fourth-order valence-corrected chi connectivity index (χ4v) is 1.53. The molecule has 2 nitrogen and oxygen atoms in total. The lowest BCUT2D eigenvalue weighted by Crippen LogP contribution is -1.91. The molecule has 0 aliphatic rings. The molecule has 1 aromatic rings. The van der Waals surface area contributed by atoms with Crippen molar-refractivity contribution in [1.82, 2.24) is 0 Å². The highest BCUT2D eigenvalue weighted by Crippen LogP contribution is 2.19. The fourth-order valence-electron chi connectivity index (χ4n) is 0.847. The van der Waals surface area contributed by atoms with E-state index in [4.69, 9.17) is 0 Å². The van der Waals surface area contributed by atoms with Crippen molar-refractivity contribution in [3.63, 3.8) is 0 Å². The minimum absolute atomic E-state index is 0.0153. The Balaban J connectivity index is 2.59. The van der Waals surface area contributed by atoms with Gasteiger partial charge in [0, 0.05) is 4.90 Å². The zero-order valence-corrected chi connectivity index (χ0v) is 8.14. The molecule has 0 bridgehead atoms. The number of aldehydes is 1. The average Bonchev–Trinajstić information content (AvgIpc) is 2.09. The first-order valence-corrected chi connectivity index (χ1v) is 4.75. The van der Waals surface area contributed by atoms with Crippen LogP contribution in [0.15, 0.2) is 29.2 Å². The van der Waals surface area contributed by atoms with E-state index in [-0.39, 0.29) is 11.5 Å². The highest BCUT2D eigenvalue weighted by Gasteiger charge is 2.02. The molecule has 1 aromatic carbocycles. The van der Waals surface area contributed by atoms with E-state index in [1.54, 1.807) is 0 Å². The molecular formula is C10H10O2S. The molecule has 0 aliphatic carbocycles. The van der Waals surface area contributed by atoms with Crippen molar-refractivity contribution >= 4 is 23.2 Å². The molecule has 0 saturated heterocycles. The van der Waals surface area contributed by atoms with E-state index in [1.165, 1.54) is 0 Å². The van der Waals surface area contributed by atoms with Crippen LogP contribution in [0, 0.1) is 6.92 Å². The van der Waals surface area contributed by atoms with Gasteiger partial charge in [-0.3, -0.25) is 4.79 Å². The van der Waals surface area contributed by atoms with Crippen LogP contribution in [0.3, 0.4) is 0 Å².